The minimum Gasteiger partial charge on any atom is -0.488 e. The van der Waals surface area contributed by atoms with Crippen molar-refractivity contribution in [1.29, 1.82) is 0 Å². The molecule has 0 fully saturated rings. The van der Waals surface area contributed by atoms with E-state index in [1.807, 2.05) is 30.3 Å². The average Bonchev–Trinajstić information content (AvgIpc) is 3.35. The second kappa shape index (κ2) is 13.2. The Morgan fingerprint density at radius 3 is 2.43 bits per heavy atom. The van der Waals surface area contributed by atoms with Crippen molar-refractivity contribution in [2.24, 2.45) is 4.99 Å². The molecule has 240 valence electrons. The van der Waals surface area contributed by atoms with Gasteiger partial charge in [0.1, 0.15) is 12.4 Å². The maximum atomic E-state index is 14.5. The van der Waals surface area contributed by atoms with Gasteiger partial charge in [-0.1, -0.05) is 94.7 Å². The number of carbonyl (C=O) groups is 1. The fourth-order valence-electron chi connectivity index (χ4n) is 5.28. The lowest BCUT2D eigenvalue weighted by molar-refractivity contribution is -0.140. The van der Waals surface area contributed by atoms with E-state index in [0.717, 1.165) is 26.7 Å². The molecule has 0 saturated carbocycles. The van der Waals surface area contributed by atoms with Crippen molar-refractivity contribution in [3.05, 3.63) is 142 Å². The molecule has 1 aliphatic heterocycles. The number of esters is 1. The zero-order valence-electron chi connectivity index (χ0n) is 24.3. The van der Waals surface area contributed by atoms with E-state index < -0.39 is 35.0 Å². The Morgan fingerprint density at radius 1 is 1.00 bits per heavy atom. The molecule has 0 radical (unpaired) electrons. The molecule has 1 aliphatic rings. The van der Waals surface area contributed by atoms with Gasteiger partial charge in [-0.2, -0.15) is 13.2 Å². The van der Waals surface area contributed by atoms with Crippen LogP contribution in [0.4, 0.5) is 13.2 Å². The minimum absolute atomic E-state index is 0.0695. The fraction of sp³-hybridized carbons (Fsp3) is 0.147. The van der Waals surface area contributed by atoms with E-state index in [2.05, 4.69) is 4.99 Å². The van der Waals surface area contributed by atoms with Crippen molar-refractivity contribution in [3.8, 4) is 5.75 Å². The van der Waals surface area contributed by atoms with Gasteiger partial charge in [0.15, 0.2) is 10.5 Å². The number of carbonyl (C=O) groups excluding carboxylic acids is 1. The Balaban J connectivity index is 1.57. The Hall–Kier alpha value is -4.09. The van der Waals surface area contributed by atoms with Gasteiger partial charge in [-0.15, -0.1) is 0 Å². The summed E-state index contributed by atoms with van der Waals surface area (Å²) in [6.45, 7) is 1.37. The Bertz CT molecular complexity index is 2250. The zero-order chi connectivity index (χ0) is 33.5. The van der Waals surface area contributed by atoms with Gasteiger partial charge in [-0.3, -0.25) is 9.36 Å². The molecule has 2 heterocycles. The minimum atomic E-state index is -5.03. The lowest BCUT2D eigenvalue weighted by atomic mass is 9.95. The molecular weight excluding hydrogens is 696 g/mol. The van der Waals surface area contributed by atoms with E-state index in [9.17, 15) is 22.8 Å². The highest BCUT2D eigenvalue weighted by Crippen LogP contribution is 2.39. The number of halogens is 6. The van der Waals surface area contributed by atoms with Crippen molar-refractivity contribution in [1.82, 2.24) is 4.57 Å². The monoisotopic (exact) mass is 716 g/mol. The topological polar surface area (TPSA) is 69.9 Å². The van der Waals surface area contributed by atoms with Crippen molar-refractivity contribution in [2.45, 2.75) is 25.7 Å². The number of hydrogen-bond donors (Lipinski definition) is 0. The number of hydrogen-bond acceptors (Lipinski definition) is 6. The highest BCUT2D eigenvalue weighted by molar-refractivity contribution is 7.07. The molecule has 13 heteroatoms. The fourth-order valence-corrected chi connectivity index (χ4v) is 6.85. The van der Waals surface area contributed by atoms with Crippen LogP contribution in [0.1, 0.15) is 29.7 Å². The second-order valence-electron chi connectivity index (χ2n) is 10.3. The van der Waals surface area contributed by atoms with Crippen LogP contribution in [0, 0.1) is 0 Å². The molecule has 0 amide bonds. The number of fused-ring (bicyclic) bond motifs is 2. The molecule has 0 N–H and O–H groups in total. The molecule has 6 rings (SSSR count). The van der Waals surface area contributed by atoms with Gasteiger partial charge in [0.25, 0.3) is 5.56 Å². The molecule has 1 aromatic heterocycles. The van der Waals surface area contributed by atoms with Gasteiger partial charge >= 0.3 is 12.1 Å². The molecule has 0 spiro atoms. The first kappa shape index (κ1) is 32.8. The van der Waals surface area contributed by atoms with E-state index in [1.165, 1.54) is 31.2 Å². The summed E-state index contributed by atoms with van der Waals surface area (Å²) in [4.78, 5) is 30.9. The largest absolute Gasteiger partial charge is 0.488 e. The summed E-state index contributed by atoms with van der Waals surface area (Å²) in [6.07, 6.45) is -3.47. The summed E-state index contributed by atoms with van der Waals surface area (Å²) >= 11 is 19.2. The third-order valence-electron chi connectivity index (χ3n) is 7.39. The molecule has 1 atom stereocenters. The number of allylic oxidation sites excluding steroid dienone is 1. The van der Waals surface area contributed by atoms with Crippen molar-refractivity contribution >= 4 is 69.0 Å². The molecular formula is C34H22Cl3F3N2O4S. The van der Waals surface area contributed by atoms with E-state index in [0.29, 0.717) is 31.9 Å². The number of rotatable bonds is 7. The summed E-state index contributed by atoms with van der Waals surface area (Å²) in [5.41, 5.74) is -1.48. The first-order valence-corrected chi connectivity index (χ1v) is 16.1. The Kier molecular flexibility index (Phi) is 9.22. The van der Waals surface area contributed by atoms with E-state index in [1.54, 1.807) is 30.3 Å². The van der Waals surface area contributed by atoms with E-state index >= 15 is 0 Å². The summed E-state index contributed by atoms with van der Waals surface area (Å²) in [5.74, 6) is -0.832. The number of thiazole rings is 1. The highest BCUT2D eigenvalue weighted by atomic mass is 35.5. The summed E-state index contributed by atoms with van der Waals surface area (Å²) in [6, 6.07) is 20.4. The average molecular weight is 718 g/mol. The zero-order valence-corrected chi connectivity index (χ0v) is 27.4. The van der Waals surface area contributed by atoms with Gasteiger partial charge in [0.2, 0.25) is 0 Å². The van der Waals surface area contributed by atoms with Crippen LogP contribution in [-0.2, 0) is 16.1 Å². The van der Waals surface area contributed by atoms with Crippen molar-refractivity contribution in [3.63, 3.8) is 0 Å². The normalized spacial score (nSPS) is 15.0. The number of alkyl halides is 3. The maximum Gasteiger partial charge on any atom is 0.434 e. The van der Waals surface area contributed by atoms with Gasteiger partial charge < -0.3 is 9.47 Å². The summed E-state index contributed by atoms with van der Waals surface area (Å²) < 4.78 is 55.9. The van der Waals surface area contributed by atoms with Crippen LogP contribution < -0.4 is 19.6 Å². The SMILES string of the molecule is CCOC(=O)C1=C(C(F)(F)F)N=c2s/c(=C\c3c(OCc4ccc(Cl)cc4Cl)ccc4ccccc34)c(=O)n2[C@@H]1c1ccc(Cl)cc1. The van der Waals surface area contributed by atoms with Crippen molar-refractivity contribution < 1.29 is 27.4 Å². The molecule has 0 bridgehead atoms. The molecule has 4 aromatic carbocycles. The molecule has 47 heavy (non-hydrogen) atoms. The van der Waals surface area contributed by atoms with Crippen LogP contribution in [0.25, 0.3) is 16.8 Å². The third kappa shape index (κ3) is 6.56. The lowest BCUT2D eigenvalue weighted by Gasteiger charge is -2.26. The van der Waals surface area contributed by atoms with Crippen LogP contribution >= 0.6 is 46.1 Å². The Morgan fingerprint density at radius 2 is 1.72 bits per heavy atom. The molecule has 0 unspecified atom stereocenters. The van der Waals surface area contributed by atoms with Gasteiger partial charge in [0.05, 0.1) is 22.8 Å². The summed E-state index contributed by atoms with van der Waals surface area (Å²) in [7, 11) is 0. The van der Waals surface area contributed by atoms with Crippen LogP contribution in [0.15, 0.2) is 99.9 Å². The highest BCUT2D eigenvalue weighted by Gasteiger charge is 2.45. The molecule has 6 nitrogen and oxygen atoms in total. The predicted molar refractivity (Wildman–Crippen MR) is 177 cm³/mol. The van der Waals surface area contributed by atoms with Gasteiger partial charge in [-0.25, -0.2) is 9.79 Å². The number of aromatic nitrogens is 1. The maximum absolute atomic E-state index is 14.5. The van der Waals surface area contributed by atoms with Crippen LogP contribution in [0.5, 0.6) is 5.75 Å². The lowest BCUT2D eigenvalue weighted by Crippen LogP contribution is -2.41. The van der Waals surface area contributed by atoms with E-state index in [4.69, 9.17) is 44.3 Å². The van der Waals surface area contributed by atoms with Gasteiger partial charge in [0, 0.05) is 26.2 Å². The van der Waals surface area contributed by atoms with E-state index in [-0.39, 0.29) is 28.1 Å². The van der Waals surface area contributed by atoms with Crippen LogP contribution in [0.2, 0.25) is 15.1 Å². The number of ether oxygens (including phenoxy) is 2. The number of nitrogens with zero attached hydrogens (tertiary/aromatic N) is 2. The Labute approximate surface area is 284 Å². The second-order valence-corrected chi connectivity index (χ2v) is 12.6. The number of benzene rings is 4. The van der Waals surface area contributed by atoms with Crippen LogP contribution in [0.3, 0.4) is 0 Å². The predicted octanol–water partition coefficient (Wildman–Crippen LogP) is 8.03. The smallest absolute Gasteiger partial charge is 0.434 e. The molecule has 0 saturated heterocycles. The molecule has 0 aliphatic carbocycles. The standard InChI is InChI=1S/C34H22Cl3F3N2O4S/c1-2-45-32(44)28-29(19-7-11-21(35)12-8-19)42-31(43)27(47-33(42)41-30(28)34(38,39)40)16-24-23-6-4-3-5-18(23)10-14-26(24)46-17-20-9-13-22(36)15-25(20)37/h3-16,29H,2,17H2,1H3/b27-16-/t29-/m1/s1. The quantitative estimate of drug-likeness (QED) is 0.160. The first-order valence-electron chi connectivity index (χ1n) is 14.1. The van der Waals surface area contributed by atoms with Gasteiger partial charge in [-0.05, 0) is 59.7 Å². The first-order chi connectivity index (χ1) is 22.5. The summed E-state index contributed by atoms with van der Waals surface area (Å²) in [5, 5.41) is 2.77. The van der Waals surface area contributed by atoms with Crippen molar-refractivity contribution in [2.75, 3.05) is 6.61 Å². The third-order valence-corrected chi connectivity index (χ3v) is 9.21. The van der Waals surface area contributed by atoms with Crippen LogP contribution in [-0.4, -0.2) is 23.3 Å². The molecule has 5 aromatic rings.